The second-order valence-corrected chi connectivity index (χ2v) is 6.06. The highest BCUT2D eigenvalue weighted by molar-refractivity contribution is 8.00. The lowest BCUT2D eigenvalue weighted by molar-refractivity contribution is 0.0990. The molecule has 1 aromatic carbocycles. The summed E-state index contributed by atoms with van der Waals surface area (Å²) in [7, 11) is 0. The van der Waals surface area contributed by atoms with Gasteiger partial charge >= 0.3 is 0 Å². The van der Waals surface area contributed by atoms with Gasteiger partial charge in [-0.05, 0) is 43.3 Å². The van der Waals surface area contributed by atoms with E-state index < -0.39 is 22.7 Å². The molecule has 1 heterocycles. The molecule has 8 heteroatoms. The molecule has 21 heavy (non-hydrogen) atoms. The Hall–Kier alpha value is -1.83. The highest BCUT2D eigenvalue weighted by Gasteiger charge is 2.23. The van der Waals surface area contributed by atoms with Crippen molar-refractivity contribution in [1.82, 2.24) is 20.2 Å². The highest BCUT2D eigenvalue weighted by atomic mass is 32.2. The second-order valence-electron chi connectivity index (χ2n) is 4.75. The summed E-state index contributed by atoms with van der Waals surface area (Å²) in [6.07, 6.45) is 0. The minimum absolute atomic E-state index is 0.0485. The lowest BCUT2D eigenvalue weighted by atomic mass is 10.1. The Morgan fingerprint density at radius 1 is 1.29 bits per heavy atom. The highest BCUT2D eigenvalue weighted by Crippen LogP contribution is 2.25. The van der Waals surface area contributed by atoms with Crippen molar-refractivity contribution in [3.05, 3.63) is 35.4 Å². The average Bonchev–Trinajstić information content (AvgIpc) is 2.86. The summed E-state index contributed by atoms with van der Waals surface area (Å²) in [5.74, 6) is -2.01. The maximum absolute atomic E-state index is 13.6. The zero-order chi connectivity index (χ0) is 15.6. The van der Waals surface area contributed by atoms with Crippen molar-refractivity contribution in [3.8, 4) is 0 Å². The molecule has 0 bridgehead atoms. The summed E-state index contributed by atoms with van der Waals surface area (Å²) in [4.78, 5) is 12.2. The molecule has 0 saturated carbocycles. The van der Waals surface area contributed by atoms with Crippen LogP contribution in [-0.4, -0.2) is 31.2 Å². The van der Waals surface area contributed by atoms with Crippen LogP contribution >= 0.6 is 11.8 Å². The number of carbonyl (C=O) groups is 1. The van der Waals surface area contributed by atoms with E-state index in [1.54, 1.807) is 11.6 Å². The number of nitrogens with zero attached hydrogens (tertiary/aromatic N) is 4. The molecule has 1 atom stereocenters. The van der Waals surface area contributed by atoms with E-state index in [9.17, 15) is 13.6 Å². The number of hydrogen-bond donors (Lipinski definition) is 0. The number of hydrogen-bond acceptors (Lipinski definition) is 5. The van der Waals surface area contributed by atoms with Crippen molar-refractivity contribution in [2.45, 2.75) is 37.2 Å². The van der Waals surface area contributed by atoms with Gasteiger partial charge in [0.05, 0.1) is 16.9 Å². The van der Waals surface area contributed by atoms with E-state index in [2.05, 4.69) is 15.5 Å². The number of ketones is 1. The van der Waals surface area contributed by atoms with Crippen molar-refractivity contribution in [1.29, 1.82) is 0 Å². The number of halogens is 2. The Morgan fingerprint density at radius 3 is 2.62 bits per heavy atom. The summed E-state index contributed by atoms with van der Waals surface area (Å²) in [6, 6.07) is 2.96. The third-order valence-corrected chi connectivity index (χ3v) is 3.85. The summed E-state index contributed by atoms with van der Waals surface area (Å²) in [5, 5.41) is 11.1. The fourth-order valence-electron chi connectivity index (χ4n) is 1.71. The molecule has 0 aliphatic rings. The van der Waals surface area contributed by atoms with Crippen LogP contribution in [0.5, 0.6) is 0 Å². The SMILES string of the molecule is CC(Sc1nnnn1C(C)C)C(=O)c1ccc(F)cc1F. The van der Waals surface area contributed by atoms with E-state index in [-0.39, 0.29) is 11.6 Å². The number of aromatic nitrogens is 4. The monoisotopic (exact) mass is 312 g/mol. The molecule has 2 aromatic rings. The van der Waals surface area contributed by atoms with Crippen molar-refractivity contribution >= 4 is 17.5 Å². The molecule has 2 rings (SSSR count). The van der Waals surface area contributed by atoms with Crippen LogP contribution < -0.4 is 0 Å². The number of thioether (sulfide) groups is 1. The van der Waals surface area contributed by atoms with Gasteiger partial charge in [-0.15, -0.1) is 5.10 Å². The molecule has 1 unspecified atom stereocenters. The lowest BCUT2D eigenvalue weighted by Crippen LogP contribution is -2.17. The molecular formula is C13H14F2N4OS. The number of tetrazole rings is 1. The fraction of sp³-hybridized carbons (Fsp3) is 0.385. The van der Waals surface area contributed by atoms with Crippen LogP contribution in [0.4, 0.5) is 8.78 Å². The Kier molecular flexibility index (Phi) is 4.66. The van der Waals surface area contributed by atoms with Gasteiger partial charge in [0.2, 0.25) is 5.16 Å². The number of benzene rings is 1. The number of Topliss-reactive ketones (excluding diaryl/α,β-unsaturated/α-hetero) is 1. The van der Waals surface area contributed by atoms with Crippen molar-refractivity contribution in [3.63, 3.8) is 0 Å². The minimum Gasteiger partial charge on any atom is -0.293 e. The van der Waals surface area contributed by atoms with E-state index >= 15 is 0 Å². The first-order valence-electron chi connectivity index (χ1n) is 6.34. The maximum atomic E-state index is 13.6. The first-order valence-corrected chi connectivity index (χ1v) is 7.22. The molecule has 0 N–H and O–H groups in total. The third kappa shape index (κ3) is 3.44. The molecule has 5 nitrogen and oxygen atoms in total. The summed E-state index contributed by atoms with van der Waals surface area (Å²) in [5.41, 5.74) is -0.139. The molecule has 112 valence electrons. The lowest BCUT2D eigenvalue weighted by Gasteiger charge is -2.12. The Balaban J connectivity index is 2.18. The first-order chi connectivity index (χ1) is 9.90. The van der Waals surface area contributed by atoms with Gasteiger partial charge in [0.25, 0.3) is 0 Å². The smallest absolute Gasteiger partial charge is 0.210 e. The molecule has 0 fully saturated rings. The molecule has 0 spiro atoms. The van der Waals surface area contributed by atoms with E-state index in [0.29, 0.717) is 11.2 Å². The van der Waals surface area contributed by atoms with Crippen molar-refractivity contribution < 1.29 is 13.6 Å². The van der Waals surface area contributed by atoms with E-state index in [4.69, 9.17) is 0 Å². The van der Waals surface area contributed by atoms with Gasteiger partial charge in [0.1, 0.15) is 11.6 Å². The van der Waals surface area contributed by atoms with Crippen molar-refractivity contribution in [2.75, 3.05) is 0 Å². The minimum atomic E-state index is -0.865. The van der Waals surface area contributed by atoms with Crippen LogP contribution in [0.1, 0.15) is 37.2 Å². The second kappa shape index (κ2) is 6.30. The molecular weight excluding hydrogens is 298 g/mol. The van der Waals surface area contributed by atoms with Gasteiger partial charge < -0.3 is 0 Å². The standard InChI is InChI=1S/C13H14F2N4OS/c1-7(2)19-13(16-17-18-19)21-8(3)12(20)10-5-4-9(14)6-11(10)15/h4-8H,1-3H3. The van der Waals surface area contributed by atoms with Crippen molar-refractivity contribution in [2.24, 2.45) is 0 Å². The number of rotatable bonds is 5. The Labute approximate surface area is 124 Å². The van der Waals surface area contributed by atoms with Crippen LogP contribution in [0.15, 0.2) is 23.4 Å². The predicted octanol–water partition coefficient (Wildman–Crippen LogP) is 2.90. The quantitative estimate of drug-likeness (QED) is 0.627. The predicted molar refractivity (Wildman–Crippen MR) is 74.2 cm³/mol. The molecule has 1 aromatic heterocycles. The van der Waals surface area contributed by atoms with Crippen LogP contribution in [0.2, 0.25) is 0 Å². The first kappa shape index (κ1) is 15.6. The molecule has 0 radical (unpaired) electrons. The molecule has 0 amide bonds. The van der Waals surface area contributed by atoms with Crippen LogP contribution in [0.25, 0.3) is 0 Å². The van der Waals surface area contributed by atoms with Gasteiger partial charge in [-0.2, -0.15) is 0 Å². The van der Waals surface area contributed by atoms with Crippen LogP contribution in [0, 0.1) is 11.6 Å². The Morgan fingerprint density at radius 2 is 2.00 bits per heavy atom. The number of carbonyl (C=O) groups excluding carboxylic acids is 1. The van der Waals surface area contributed by atoms with Gasteiger partial charge in [0, 0.05) is 6.07 Å². The van der Waals surface area contributed by atoms with Crippen LogP contribution in [-0.2, 0) is 0 Å². The molecule has 0 aliphatic heterocycles. The third-order valence-electron chi connectivity index (χ3n) is 2.80. The zero-order valence-corrected chi connectivity index (χ0v) is 12.6. The summed E-state index contributed by atoms with van der Waals surface area (Å²) >= 11 is 1.14. The van der Waals surface area contributed by atoms with Gasteiger partial charge in [-0.1, -0.05) is 11.8 Å². The fourth-order valence-corrected chi connectivity index (χ4v) is 2.70. The topological polar surface area (TPSA) is 60.7 Å². The molecule has 0 aliphatic carbocycles. The average molecular weight is 312 g/mol. The van der Waals surface area contributed by atoms with Gasteiger partial charge in [0.15, 0.2) is 5.78 Å². The summed E-state index contributed by atoms with van der Waals surface area (Å²) in [6.45, 7) is 5.45. The van der Waals surface area contributed by atoms with E-state index in [1.807, 2.05) is 13.8 Å². The maximum Gasteiger partial charge on any atom is 0.210 e. The zero-order valence-electron chi connectivity index (χ0n) is 11.7. The molecule has 0 saturated heterocycles. The largest absolute Gasteiger partial charge is 0.293 e. The summed E-state index contributed by atoms with van der Waals surface area (Å²) < 4.78 is 28.1. The van der Waals surface area contributed by atoms with Gasteiger partial charge in [-0.25, -0.2) is 13.5 Å². The Bertz CT molecular complexity index is 659. The normalized spacial score (nSPS) is 12.7. The van der Waals surface area contributed by atoms with E-state index in [0.717, 1.165) is 23.9 Å². The van der Waals surface area contributed by atoms with Gasteiger partial charge in [-0.3, -0.25) is 4.79 Å². The van der Waals surface area contributed by atoms with Crippen LogP contribution in [0.3, 0.4) is 0 Å². The van der Waals surface area contributed by atoms with E-state index in [1.165, 1.54) is 0 Å².